The summed E-state index contributed by atoms with van der Waals surface area (Å²) in [4.78, 5) is 36.5. The molecular weight excluding hydrogens is 433 g/mol. The van der Waals surface area contributed by atoms with Crippen LogP contribution >= 0.6 is 0 Å². The van der Waals surface area contributed by atoms with Crippen molar-refractivity contribution in [2.24, 2.45) is 0 Å². The van der Waals surface area contributed by atoms with Crippen molar-refractivity contribution in [2.75, 3.05) is 0 Å². The fourth-order valence-electron chi connectivity index (χ4n) is 3.20. The third-order valence-corrected chi connectivity index (χ3v) is 4.40. The molecule has 0 radical (unpaired) electrons. The molecule has 0 aliphatic carbocycles. The van der Waals surface area contributed by atoms with Crippen molar-refractivity contribution in [3.8, 4) is 5.75 Å². The van der Waals surface area contributed by atoms with Gasteiger partial charge in [0, 0.05) is 23.4 Å². The van der Waals surface area contributed by atoms with E-state index in [1.54, 1.807) is 6.07 Å². The molecule has 2 aromatic carbocycles. The number of aromatic nitrogens is 2. The number of carboxylic acid groups (broad SMARTS) is 1. The Morgan fingerprint density at radius 3 is 2.53 bits per heavy atom. The molecular formula is C20H17F3N4O5. The summed E-state index contributed by atoms with van der Waals surface area (Å²) in [7, 11) is 0. The average molecular weight is 450 g/mol. The first-order valence-corrected chi connectivity index (χ1v) is 9.10. The van der Waals surface area contributed by atoms with Gasteiger partial charge in [-0.3, -0.25) is 19.5 Å². The maximum atomic E-state index is 13.0. The fraction of sp³-hybridized carbons (Fsp3) is 0.200. The maximum Gasteiger partial charge on any atom is 0.573 e. The predicted octanol–water partition coefficient (Wildman–Crippen LogP) is 2.66. The van der Waals surface area contributed by atoms with Gasteiger partial charge in [-0.25, -0.2) is 0 Å². The van der Waals surface area contributed by atoms with Gasteiger partial charge >= 0.3 is 12.3 Å². The van der Waals surface area contributed by atoms with E-state index in [1.807, 2.05) is 0 Å². The lowest BCUT2D eigenvalue weighted by Gasteiger charge is -2.35. The number of carboxylic acids is 1. The van der Waals surface area contributed by atoms with Crippen molar-refractivity contribution >= 4 is 28.7 Å². The number of carbonyl (C=O) groups excluding carboxylic acids is 2. The molecule has 0 saturated carbocycles. The molecule has 0 aliphatic heterocycles. The molecule has 0 saturated heterocycles. The quantitative estimate of drug-likeness (QED) is 0.409. The highest BCUT2D eigenvalue weighted by molar-refractivity contribution is 5.98. The molecule has 1 heterocycles. The van der Waals surface area contributed by atoms with Crippen LogP contribution in [0.3, 0.4) is 0 Å². The van der Waals surface area contributed by atoms with Gasteiger partial charge in [0.15, 0.2) is 0 Å². The number of aromatic amines is 1. The number of hydrogen-bond acceptors (Lipinski definition) is 5. The van der Waals surface area contributed by atoms with Crippen molar-refractivity contribution in [1.29, 1.82) is 0 Å². The van der Waals surface area contributed by atoms with E-state index in [0.29, 0.717) is 5.52 Å². The van der Waals surface area contributed by atoms with Crippen LogP contribution in [-0.2, 0) is 15.3 Å². The largest absolute Gasteiger partial charge is 0.573 e. The molecule has 12 heteroatoms. The first-order chi connectivity index (χ1) is 15.0. The van der Waals surface area contributed by atoms with Crippen molar-refractivity contribution < 1.29 is 37.4 Å². The average Bonchev–Trinajstić information content (AvgIpc) is 3.13. The SMILES string of the molecule is CC(=O)NC(CC(=O)O)(NC(=O)c1ccc2cn[nH]c2c1)c1cccc(OC(F)(F)F)c1. The minimum Gasteiger partial charge on any atom is -0.481 e. The number of H-pyrrole nitrogens is 1. The van der Waals surface area contributed by atoms with E-state index in [1.165, 1.54) is 30.5 Å². The van der Waals surface area contributed by atoms with Crippen LogP contribution in [0.4, 0.5) is 13.2 Å². The molecule has 0 aliphatic rings. The Hall–Kier alpha value is -4.09. The zero-order valence-electron chi connectivity index (χ0n) is 16.5. The van der Waals surface area contributed by atoms with Gasteiger partial charge in [-0.2, -0.15) is 5.10 Å². The molecule has 0 spiro atoms. The van der Waals surface area contributed by atoms with Gasteiger partial charge in [0.05, 0.1) is 18.1 Å². The lowest BCUT2D eigenvalue weighted by molar-refractivity contribution is -0.274. The number of benzene rings is 2. The van der Waals surface area contributed by atoms with Crippen LogP contribution in [0, 0.1) is 0 Å². The molecule has 32 heavy (non-hydrogen) atoms. The minimum absolute atomic E-state index is 0.101. The Balaban J connectivity index is 2.05. The molecule has 1 atom stereocenters. The number of hydrogen-bond donors (Lipinski definition) is 4. The number of carbonyl (C=O) groups is 3. The smallest absolute Gasteiger partial charge is 0.481 e. The summed E-state index contributed by atoms with van der Waals surface area (Å²) < 4.78 is 41.9. The number of fused-ring (bicyclic) bond motifs is 1. The molecule has 0 bridgehead atoms. The van der Waals surface area contributed by atoms with E-state index in [2.05, 4.69) is 25.6 Å². The van der Waals surface area contributed by atoms with Crippen molar-refractivity contribution in [1.82, 2.24) is 20.8 Å². The summed E-state index contributed by atoms with van der Waals surface area (Å²) in [6.45, 7) is 1.08. The van der Waals surface area contributed by atoms with Crippen LogP contribution in [0.5, 0.6) is 5.75 Å². The zero-order chi connectivity index (χ0) is 23.5. The first kappa shape index (κ1) is 22.6. The summed E-state index contributed by atoms with van der Waals surface area (Å²) >= 11 is 0. The van der Waals surface area contributed by atoms with E-state index < -0.39 is 42.0 Å². The van der Waals surface area contributed by atoms with E-state index in [0.717, 1.165) is 24.4 Å². The Morgan fingerprint density at radius 1 is 1.12 bits per heavy atom. The van der Waals surface area contributed by atoms with Gasteiger partial charge in [0.25, 0.3) is 5.91 Å². The highest BCUT2D eigenvalue weighted by Crippen LogP contribution is 2.30. The molecule has 1 aromatic heterocycles. The number of nitrogens with zero attached hydrogens (tertiary/aromatic N) is 1. The Kier molecular flexibility index (Phi) is 6.05. The fourth-order valence-corrected chi connectivity index (χ4v) is 3.20. The van der Waals surface area contributed by atoms with Gasteiger partial charge in [-0.05, 0) is 24.3 Å². The Bertz CT molecular complexity index is 1160. The number of nitrogens with one attached hydrogen (secondary N) is 3. The number of amides is 2. The van der Waals surface area contributed by atoms with Crippen molar-refractivity contribution in [3.05, 3.63) is 59.8 Å². The molecule has 3 rings (SSSR count). The van der Waals surface area contributed by atoms with Crippen molar-refractivity contribution in [3.63, 3.8) is 0 Å². The summed E-state index contributed by atoms with van der Waals surface area (Å²) in [5.41, 5.74) is -1.57. The van der Waals surface area contributed by atoms with E-state index in [4.69, 9.17) is 0 Å². The maximum absolute atomic E-state index is 13.0. The van der Waals surface area contributed by atoms with Crippen LogP contribution in [0.15, 0.2) is 48.7 Å². The van der Waals surface area contributed by atoms with Gasteiger partial charge in [0.2, 0.25) is 5.91 Å². The normalized spacial score (nSPS) is 13.2. The second-order valence-corrected chi connectivity index (χ2v) is 6.86. The van der Waals surface area contributed by atoms with Crippen LogP contribution in [0.1, 0.15) is 29.3 Å². The molecule has 1 unspecified atom stereocenters. The van der Waals surface area contributed by atoms with Gasteiger partial charge in [0.1, 0.15) is 11.4 Å². The van der Waals surface area contributed by atoms with E-state index >= 15 is 0 Å². The zero-order valence-corrected chi connectivity index (χ0v) is 16.5. The molecule has 168 valence electrons. The van der Waals surface area contributed by atoms with Crippen LogP contribution in [0.2, 0.25) is 0 Å². The van der Waals surface area contributed by atoms with E-state index in [-0.39, 0.29) is 11.1 Å². The summed E-state index contributed by atoms with van der Waals surface area (Å²) in [5, 5.41) is 21.5. The van der Waals surface area contributed by atoms with E-state index in [9.17, 15) is 32.7 Å². The number of rotatable bonds is 7. The highest BCUT2D eigenvalue weighted by Gasteiger charge is 2.39. The molecule has 4 N–H and O–H groups in total. The second kappa shape index (κ2) is 8.57. The lowest BCUT2D eigenvalue weighted by atomic mass is 9.94. The topological polar surface area (TPSA) is 133 Å². The number of aliphatic carboxylic acids is 1. The predicted molar refractivity (Wildman–Crippen MR) is 104 cm³/mol. The summed E-state index contributed by atoms with van der Waals surface area (Å²) in [6.07, 6.45) is -4.32. The number of ether oxygens (including phenoxy) is 1. The Morgan fingerprint density at radius 2 is 1.88 bits per heavy atom. The third kappa shape index (κ3) is 5.33. The molecule has 3 aromatic rings. The van der Waals surface area contributed by atoms with Gasteiger partial charge in [-0.15, -0.1) is 13.2 Å². The van der Waals surface area contributed by atoms with Crippen LogP contribution < -0.4 is 15.4 Å². The number of alkyl halides is 3. The second-order valence-electron chi connectivity index (χ2n) is 6.86. The minimum atomic E-state index is -5.00. The first-order valence-electron chi connectivity index (χ1n) is 9.10. The Labute approximate surface area is 178 Å². The highest BCUT2D eigenvalue weighted by atomic mass is 19.4. The van der Waals surface area contributed by atoms with Crippen molar-refractivity contribution in [2.45, 2.75) is 25.4 Å². The molecule has 0 fully saturated rings. The third-order valence-electron chi connectivity index (χ3n) is 4.40. The van der Waals surface area contributed by atoms with Gasteiger partial charge < -0.3 is 20.5 Å². The van der Waals surface area contributed by atoms with Gasteiger partial charge in [-0.1, -0.05) is 18.2 Å². The summed E-state index contributed by atoms with van der Waals surface area (Å²) in [5.74, 6) is -3.58. The molecule has 2 amide bonds. The summed E-state index contributed by atoms with van der Waals surface area (Å²) in [6, 6.07) is 8.85. The van der Waals surface area contributed by atoms with Crippen LogP contribution in [0.25, 0.3) is 10.9 Å². The standard InChI is InChI=1S/C20H17F3N4O5/c1-11(28)25-19(9-17(29)30,14-3-2-4-15(8-14)32-20(21,22)23)26-18(31)12-5-6-13-10-24-27-16(13)7-12/h2-8,10H,9H2,1H3,(H,24,27)(H,25,28)(H,26,31)(H,29,30). The molecule has 9 nitrogen and oxygen atoms in total. The monoisotopic (exact) mass is 450 g/mol. The van der Waals surface area contributed by atoms with Crippen LogP contribution in [-0.4, -0.2) is 39.4 Å². The number of halogens is 3. The lowest BCUT2D eigenvalue weighted by Crippen LogP contribution is -2.58.